The maximum Gasteiger partial charge on any atom is 0.318 e. The Morgan fingerprint density at radius 2 is 1.78 bits per heavy atom. The maximum atomic E-state index is 15.5. The van der Waals surface area contributed by atoms with E-state index in [9.17, 15) is 10.2 Å². The van der Waals surface area contributed by atoms with Gasteiger partial charge in [0, 0.05) is 29.3 Å². The van der Waals surface area contributed by atoms with Gasteiger partial charge in [-0.05, 0) is 97.5 Å². The third-order valence-corrected chi connectivity index (χ3v) is 11.4. The molecule has 1 aromatic heterocycles. The van der Waals surface area contributed by atoms with Crippen molar-refractivity contribution in [1.29, 1.82) is 0 Å². The molecule has 1 saturated heterocycles. The van der Waals surface area contributed by atoms with Crippen molar-refractivity contribution in [2.45, 2.75) is 125 Å². The molecule has 0 bridgehead atoms. The zero-order valence-corrected chi connectivity index (χ0v) is 31.8. The number of aliphatic hydroxyl groups is 1. The molecule has 0 saturated carbocycles. The molecule has 3 aromatic carbocycles. The largest absolute Gasteiger partial charge is 0.508 e. The summed E-state index contributed by atoms with van der Waals surface area (Å²) in [4.78, 5) is 17.9. The number of aromatic nitrogens is 2. The van der Waals surface area contributed by atoms with E-state index in [4.69, 9.17) is 19.7 Å². The van der Waals surface area contributed by atoms with Gasteiger partial charge in [-0.2, -0.15) is 9.97 Å². The summed E-state index contributed by atoms with van der Waals surface area (Å²) in [5.41, 5.74) is 3.83. The van der Waals surface area contributed by atoms with Gasteiger partial charge < -0.3 is 19.8 Å². The van der Waals surface area contributed by atoms with Gasteiger partial charge >= 0.3 is 6.01 Å². The zero-order valence-electron chi connectivity index (χ0n) is 31.8. The Kier molecular flexibility index (Phi) is 11.2. The lowest BCUT2D eigenvalue weighted by atomic mass is 9.81. The fourth-order valence-electron chi connectivity index (χ4n) is 8.24. The molecule has 0 spiro atoms. The molecule has 4 atom stereocenters. The second-order valence-electron chi connectivity index (χ2n) is 15.6. The van der Waals surface area contributed by atoms with E-state index < -0.39 is 6.10 Å². The summed E-state index contributed by atoms with van der Waals surface area (Å²) >= 11 is 0. The number of unbranched alkanes of at least 4 members (excludes halogenated alkanes) is 3. The smallest absolute Gasteiger partial charge is 0.318 e. The number of anilines is 1. The van der Waals surface area contributed by atoms with Crippen molar-refractivity contribution in [2.75, 3.05) is 24.6 Å². The van der Waals surface area contributed by atoms with Crippen molar-refractivity contribution in [1.82, 2.24) is 9.97 Å². The highest BCUT2D eigenvalue weighted by atomic mass is 19.1. The van der Waals surface area contributed by atoms with E-state index in [1.807, 2.05) is 6.92 Å². The normalized spacial score (nSPS) is 20.2. The van der Waals surface area contributed by atoms with Gasteiger partial charge in [0.15, 0.2) is 0 Å². The number of nitrogens with zero attached hydrogens (tertiary/aromatic N) is 4. The number of phenols is 1. The number of phenolic OH excluding ortho intramolecular Hbond substituents is 1. The van der Waals surface area contributed by atoms with Crippen molar-refractivity contribution >= 4 is 33.6 Å². The minimum Gasteiger partial charge on any atom is -0.508 e. The number of halogens is 1. The van der Waals surface area contributed by atoms with E-state index in [1.54, 1.807) is 18.2 Å². The second-order valence-corrected chi connectivity index (χ2v) is 15.6. The van der Waals surface area contributed by atoms with Gasteiger partial charge in [-0.1, -0.05) is 78.9 Å². The average Bonchev–Trinajstić information content (AvgIpc) is 3.11. The van der Waals surface area contributed by atoms with Crippen molar-refractivity contribution in [3.05, 3.63) is 51.8 Å². The van der Waals surface area contributed by atoms with E-state index >= 15 is 4.39 Å². The van der Waals surface area contributed by atoms with Gasteiger partial charge in [-0.25, -0.2) is 4.39 Å². The third kappa shape index (κ3) is 7.44. The lowest BCUT2D eigenvalue weighted by Crippen LogP contribution is -2.41. The van der Waals surface area contributed by atoms with E-state index in [0.717, 1.165) is 99.8 Å². The second kappa shape index (κ2) is 15.4. The molecule has 2 N–H and O–H groups in total. The van der Waals surface area contributed by atoms with Crippen LogP contribution in [0.4, 0.5) is 10.2 Å². The Labute approximate surface area is 302 Å². The minimum atomic E-state index is -0.450. The maximum absolute atomic E-state index is 15.5. The monoisotopic (exact) mass is 696 g/mol. The Morgan fingerprint density at radius 3 is 2.51 bits per heavy atom. The Morgan fingerprint density at radius 1 is 1.02 bits per heavy atom. The summed E-state index contributed by atoms with van der Waals surface area (Å²) in [6, 6.07) is 7.04. The molecular weight excluding hydrogens is 639 g/mol. The molecule has 8 heteroatoms. The zero-order chi connectivity index (χ0) is 36.4. The molecule has 4 aromatic rings. The van der Waals surface area contributed by atoms with Crippen LogP contribution in [0.2, 0.25) is 0 Å². The Hall–Kier alpha value is -3.78. The van der Waals surface area contributed by atoms with Crippen LogP contribution in [0.3, 0.4) is 0 Å². The first-order valence-electron chi connectivity index (χ1n) is 19.4. The van der Waals surface area contributed by atoms with Crippen molar-refractivity contribution in [3.63, 3.8) is 0 Å². The number of hydrogen-bond donors (Lipinski definition) is 2. The lowest BCUT2D eigenvalue weighted by Gasteiger charge is -2.33. The molecule has 0 amide bonds. The van der Waals surface area contributed by atoms with Gasteiger partial charge in [-0.15, -0.1) is 0 Å². The summed E-state index contributed by atoms with van der Waals surface area (Å²) in [5.74, 6) is 0.766. The van der Waals surface area contributed by atoms with Crippen LogP contribution >= 0.6 is 0 Å². The summed E-state index contributed by atoms with van der Waals surface area (Å²) in [6.45, 7) is 16.9. The average molecular weight is 697 g/mol. The summed E-state index contributed by atoms with van der Waals surface area (Å²) in [6.07, 6.45) is 11.9. The highest BCUT2D eigenvalue weighted by Crippen LogP contribution is 2.39. The van der Waals surface area contributed by atoms with Gasteiger partial charge in [0.05, 0.1) is 35.0 Å². The van der Waals surface area contributed by atoms with Crippen LogP contribution < -0.4 is 20.2 Å². The van der Waals surface area contributed by atoms with Crippen molar-refractivity contribution in [3.8, 4) is 22.9 Å². The number of piperidine rings is 1. The molecular formula is C43H57FN4O3. The molecule has 2 aliphatic heterocycles. The fraction of sp³-hybridized carbons (Fsp3) is 0.558. The SMILES string of the molecule is CCCCCC(C)(CCCC)COc1nc(N2CCCC(O)C2)c2c3c(c(-c4cc(O)cc5ccc(F)c(CC)c45)c(C)c2n1)=NC(C)C(C)C=3. The number of aliphatic hydroxyl groups excluding tert-OH is 1. The first-order chi connectivity index (χ1) is 24.5. The van der Waals surface area contributed by atoms with Crippen molar-refractivity contribution in [2.24, 2.45) is 16.3 Å². The number of β-amino-alcohol motifs (C(OH)–C–C–N with tert-alkyl or cyclic N) is 1. The number of benzene rings is 3. The highest BCUT2D eigenvalue weighted by molar-refractivity contribution is 6.04. The molecule has 3 heterocycles. The van der Waals surface area contributed by atoms with Crippen LogP contribution in [0, 0.1) is 24.1 Å². The molecule has 0 aliphatic carbocycles. The number of hydrogen-bond acceptors (Lipinski definition) is 7. The van der Waals surface area contributed by atoms with Crippen LogP contribution in [0.1, 0.15) is 110 Å². The first kappa shape index (κ1) is 37.0. The molecule has 274 valence electrons. The molecule has 51 heavy (non-hydrogen) atoms. The van der Waals surface area contributed by atoms with Gasteiger partial charge in [0.1, 0.15) is 17.4 Å². The number of rotatable bonds is 13. The number of aryl methyl sites for hydroxylation is 2. The summed E-state index contributed by atoms with van der Waals surface area (Å²) in [5, 5.41) is 26.1. The number of aromatic hydroxyl groups is 1. The summed E-state index contributed by atoms with van der Waals surface area (Å²) < 4.78 is 22.1. The quantitative estimate of drug-likeness (QED) is 0.136. The number of ether oxygens (including phenoxy) is 1. The van der Waals surface area contributed by atoms with E-state index in [1.165, 1.54) is 25.3 Å². The van der Waals surface area contributed by atoms with Gasteiger partial charge in [0.25, 0.3) is 0 Å². The van der Waals surface area contributed by atoms with Crippen LogP contribution in [0.25, 0.3) is 38.9 Å². The first-order valence-corrected chi connectivity index (χ1v) is 19.4. The predicted octanol–water partition coefficient (Wildman–Crippen LogP) is 8.72. The predicted molar refractivity (Wildman–Crippen MR) is 207 cm³/mol. The Bertz CT molecular complexity index is 2030. The van der Waals surface area contributed by atoms with E-state index in [2.05, 4.69) is 52.5 Å². The van der Waals surface area contributed by atoms with Crippen LogP contribution in [0.15, 0.2) is 29.3 Å². The van der Waals surface area contributed by atoms with E-state index in [-0.39, 0.29) is 28.9 Å². The minimum absolute atomic E-state index is 0.000369. The molecule has 4 unspecified atom stereocenters. The summed E-state index contributed by atoms with van der Waals surface area (Å²) in [7, 11) is 0. The molecule has 6 rings (SSSR count). The van der Waals surface area contributed by atoms with Crippen LogP contribution in [0.5, 0.6) is 11.8 Å². The standard InChI is InChI=1S/C43H57FN4O3/c1-8-11-13-19-43(7,18-12-9-2)25-51-42-46-39-27(5)36(33-23-31(50)22-29-16-17-35(44)32(10-3)37(29)33)40-34(21-26(4)28(6)45-40)38(39)41(47-42)48-20-14-15-30(49)24-48/h16-17,21-23,26,28,30,49-50H,8-15,18-20,24-25H2,1-7H3. The molecule has 2 aliphatic rings. The third-order valence-electron chi connectivity index (χ3n) is 11.4. The fourth-order valence-corrected chi connectivity index (χ4v) is 8.24. The highest BCUT2D eigenvalue weighted by Gasteiger charge is 2.30. The Balaban J connectivity index is 1.65. The van der Waals surface area contributed by atoms with Gasteiger partial charge in [-0.3, -0.25) is 4.99 Å². The van der Waals surface area contributed by atoms with Crippen LogP contribution in [-0.4, -0.2) is 52.0 Å². The lowest BCUT2D eigenvalue weighted by molar-refractivity contribution is 0.126. The van der Waals surface area contributed by atoms with Gasteiger partial charge in [0.2, 0.25) is 0 Å². The molecule has 7 nitrogen and oxygen atoms in total. The van der Waals surface area contributed by atoms with Crippen molar-refractivity contribution < 1.29 is 19.3 Å². The topological polar surface area (TPSA) is 91.1 Å². The number of fused-ring (bicyclic) bond motifs is 4. The molecule has 1 fully saturated rings. The molecule has 0 radical (unpaired) electrons. The van der Waals surface area contributed by atoms with E-state index in [0.29, 0.717) is 31.1 Å². The van der Waals surface area contributed by atoms with Crippen LogP contribution in [-0.2, 0) is 6.42 Å².